The van der Waals surface area contributed by atoms with Crippen molar-refractivity contribution in [2.75, 3.05) is 13.1 Å². The monoisotopic (exact) mass is 331 g/mol. The first-order chi connectivity index (χ1) is 11.7. The van der Waals surface area contributed by atoms with Gasteiger partial charge in [0.1, 0.15) is 17.6 Å². The lowest BCUT2D eigenvalue weighted by atomic mass is 10.1. The minimum Gasteiger partial charge on any atom is -0.365 e. The molecule has 3 heterocycles. The van der Waals surface area contributed by atoms with Crippen LogP contribution >= 0.6 is 0 Å². The standard InChI is InChI=1S/C17H22FN5O/c18-14-4-2-1-3-13(14)17-10-23-16(11-24-17)15(20-21-23)9-22-7-5-12(19)6-8-22/h1-4,12,17H,5-11,19H2/t17-/m0/s1. The van der Waals surface area contributed by atoms with Crippen LogP contribution in [0.2, 0.25) is 0 Å². The molecule has 128 valence electrons. The molecule has 0 saturated carbocycles. The van der Waals surface area contributed by atoms with E-state index in [0.717, 1.165) is 43.9 Å². The molecule has 1 atom stereocenters. The van der Waals surface area contributed by atoms with Crippen LogP contribution in [0.25, 0.3) is 0 Å². The van der Waals surface area contributed by atoms with E-state index in [1.54, 1.807) is 12.1 Å². The van der Waals surface area contributed by atoms with Gasteiger partial charge < -0.3 is 10.5 Å². The Labute approximate surface area is 140 Å². The molecule has 0 aliphatic carbocycles. The van der Waals surface area contributed by atoms with Crippen LogP contribution in [0.15, 0.2) is 24.3 Å². The summed E-state index contributed by atoms with van der Waals surface area (Å²) in [5, 5.41) is 8.58. The van der Waals surface area contributed by atoms with Crippen LogP contribution in [0.1, 0.15) is 35.9 Å². The Morgan fingerprint density at radius 2 is 2.04 bits per heavy atom. The second-order valence-electron chi connectivity index (χ2n) is 6.60. The van der Waals surface area contributed by atoms with Crippen molar-refractivity contribution < 1.29 is 9.13 Å². The molecular weight excluding hydrogens is 309 g/mol. The van der Waals surface area contributed by atoms with E-state index in [9.17, 15) is 4.39 Å². The molecule has 0 bridgehead atoms. The van der Waals surface area contributed by atoms with E-state index < -0.39 is 0 Å². The summed E-state index contributed by atoms with van der Waals surface area (Å²) < 4.78 is 21.7. The number of nitrogens with zero attached hydrogens (tertiary/aromatic N) is 4. The van der Waals surface area contributed by atoms with E-state index >= 15 is 0 Å². The van der Waals surface area contributed by atoms with Crippen molar-refractivity contribution in [1.82, 2.24) is 19.9 Å². The summed E-state index contributed by atoms with van der Waals surface area (Å²) in [6.45, 7) is 3.66. The van der Waals surface area contributed by atoms with Crippen molar-refractivity contribution in [2.24, 2.45) is 5.73 Å². The molecule has 0 radical (unpaired) electrons. The van der Waals surface area contributed by atoms with E-state index in [-0.39, 0.29) is 11.9 Å². The van der Waals surface area contributed by atoms with Crippen molar-refractivity contribution in [1.29, 1.82) is 0 Å². The van der Waals surface area contributed by atoms with Crippen LogP contribution in [0.3, 0.4) is 0 Å². The van der Waals surface area contributed by atoms with E-state index in [2.05, 4.69) is 15.2 Å². The smallest absolute Gasteiger partial charge is 0.129 e. The zero-order chi connectivity index (χ0) is 16.5. The van der Waals surface area contributed by atoms with Crippen LogP contribution in [-0.2, 0) is 24.4 Å². The van der Waals surface area contributed by atoms with Crippen LogP contribution < -0.4 is 5.73 Å². The Bertz CT molecular complexity index is 711. The average molecular weight is 331 g/mol. The Morgan fingerprint density at radius 3 is 2.83 bits per heavy atom. The molecule has 2 aliphatic rings. The largest absolute Gasteiger partial charge is 0.365 e. The number of ether oxygens (including phenoxy) is 1. The number of aromatic nitrogens is 3. The molecule has 1 aromatic heterocycles. The third kappa shape index (κ3) is 3.07. The third-order valence-electron chi connectivity index (χ3n) is 4.94. The van der Waals surface area contributed by atoms with Crippen LogP contribution in [0.5, 0.6) is 0 Å². The van der Waals surface area contributed by atoms with E-state index in [1.165, 1.54) is 6.07 Å². The molecule has 0 spiro atoms. The van der Waals surface area contributed by atoms with Crippen molar-refractivity contribution in [3.05, 3.63) is 47.0 Å². The number of halogens is 1. The van der Waals surface area contributed by atoms with Crippen LogP contribution in [0.4, 0.5) is 4.39 Å². The first-order valence-electron chi connectivity index (χ1n) is 8.46. The molecular formula is C17H22FN5O. The maximum Gasteiger partial charge on any atom is 0.129 e. The summed E-state index contributed by atoms with van der Waals surface area (Å²) in [5.41, 5.74) is 8.48. The number of benzene rings is 1. The number of likely N-dealkylation sites (tertiary alicyclic amines) is 1. The van der Waals surface area contributed by atoms with Crippen molar-refractivity contribution >= 4 is 0 Å². The first kappa shape index (κ1) is 15.7. The maximum atomic E-state index is 14.0. The number of nitrogens with two attached hydrogens (primary N) is 1. The van der Waals surface area contributed by atoms with Gasteiger partial charge in [0.25, 0.3) is 0 Å². The highest BCUT2D eigenvalue weighted by Gasteiger charge is 2.27. The van der Waals surface area contributed by atoms with Gasteiger partial charge in [-0.1, -0.05) is 23.4 Å². The third-order valence-corrected chi connectivity index (χ3v) is 4.94. The summed E-state index contributed by atoms with van der Waals surface area (Å²) in [7, 11) is 0. The quantitative estimate of drug-likeness (QED) is 0.925. The van der Waals surface area contributed by atoms with Crippen molar-refractivity contribution in [3.63, 3.8) is 0 Å². The summed E-state index contributed by atoms with van der Waals surface area (Å²) in [6, 6.07) is 7.05. The number of hydrogen-bond acceptors (Lipinski definition) is 5. The molecule has 0 amide bonds. The van der Waals surface area contributed by atoms with Gasteiger partial charge in [-0.25, -0.2) is 9.07 Å². The summed E-state index contributed by atoms with van der Waals surface area (Å²) >= 11 is 0. The minimum absolute atomic E-state index is 0.240. The lowest BCUT2D eigenvalue weighted by Gasteiger charge is -2.30. The summed E-state index contributed by atoms with van der Waals surface area (Å²) in [6.07, 6.45) is 1.73. The van der Waals surface area contributed by atoms with Crippen LogP contribution in [-0.4, -0.2) is 39.0 Å². The summed E-state index contributed by atoms with van der Waals surface area (Å²) in [4.78, 5) is 2.36. The molecule has 1 aromatic carbocycles. The Balaban J connectivity index is 1.47. The predicted molar refractivity (Wildman–Crippen MR) is 86.4 cm³/mol. The van der Waals surface area contributed by atoms with Gasteiger partial charge in [-0.05, 0) is 18.9 Å². The second kappa shape index (κ2) is 6.58. The Hall–Kier alpha value is -1.83. The number of rotatable bonds is 3. The van der Waals surface area contributed by atoms with E-state index in [4.69, 9.17) is 10.5 Å². The van der Waals surface area contributed by atoms with Crippen molar-refractivity contribution in [2.45, 2.75) is 44.7 Å². The Kier molecular flexibility index (Phi) is 4.30. The minimum atomic E-state index is -0.318. The highest BCUT2D eigenvalue weighted by molar-refractivity contribution is 5.21. The van der Waals surface area contributed by atoms with E-state index in [1.807, 2.05) is 10.7 Å². The number of piperidine rings is 1. The topological polar surface area (TPSA) is 69.2 Å². The van der Waals surface area contributed by atoms with Gasteiger partial charge >= 0.3 is 0 Å². The molecule has 2 N–H and O–H groups in total. The average Bonchev–Trinajstić information content (AvgIpc) is 2.99. The molecule has 1 fully saturated rings. The maximum absolute atomic E-state index is 14.0. The molecule has 4 rings (SSSR count). The molecule has 7 heteroatoms. The van der Waals surface area contributed by atoms with Gasteiger partial charge in [0.2, 0.25) is 0 Å². The van der Waals surface area contributed by atoms with Gasteiger partial charge in [0.05, 0.1) is 18.8 Å². The fourth-order valence-corrected chi connectivity index (χ4v) is 3.43. The Morgan fingerprint density at radius 1 is 1.25 bits per heavy atom. The number of fused-ring (bicyclic) bond motifs is 1. The summed E-state index contributed by atoms with van der Waals surface area (Å²) in [5.74, 6) is -0.240. The molecule has 2 aromatic rings. The zero-order valence-electron chi connectivity index (χ0n) is 13.6. The second-order valence-corrected chi connectivity index (χ2v) is 6.60. The van der Waals surface area contributed by atoms with Gasteiger partial charge in [-0.2, -0.15) is 0 Å². The molecule has 24 heavy (non-hydrogen) atoms. The highest BCUT2D eigenvalue weighted by atomic mass is 19.1. The molecule has 0 unspecified atom stereocenters. The van der Waals surface area contributed by atoms with E-state index in [0.29, 0.717) is 24.8 Å². The fraction of sp³-hybridized carbons (Fsp3) is 0.529. The zero-order valence-corrected chi connectivity index (χ0v) is 13.6. The highest BCUT2D eigenvalue weighted by Crippen LogP contribution is 2.29. The molecule has 6 nitrogen and oxygen atoms in total. The fourth-order valence-electron chi connectivity index (χ4n) is 3.43. The van der Waals surface area contributed by atoms with Gasteiger partial charge in [0, 0.05) is 31.2 Å². The lowest BCUT2D eigenvalue weighted by Crippen LogP contribution is -2.39. The lowest BCUT2D eigenvalue weighted by molar-refractivity contribution is -0.00413. The van der Waals surface area contributed by atoms with Gasteiger partial charge in [-0.15, -0.1) is 5.10 Å². The SMILES string of the molecule is NC1CCN(Cc2nnn3c2CO[C@H](c2ccccc2F)C3)CC1. The van der Waals surface area contributed by atoms with Gasteiger partial charge in [-0.3, -0.25) is 4.90 Å². The number of hydrogen-bond donors (Lipinski definition) is 1. The molecule has 2 aliphatic heterocycles. The normalized spacial score (nSPS) is 22.5. The molecule has 1 saturated heterocycles. The van der Waals surface area contributed by atoms with Gasteiger partial charge in [0.15, 0.2) is 0 Å². The predicted octanol–water partition coefficient (Wildman–Crippen LogP) is 1.61. The first-order valence-corrected chi connectivity index (χ1v) is 8.46. The van der Waals surface area contributed by atoms with Crippen molar-refractivity contribution in [3.8, 4) is 0 Å². The van der Waals surface area contributed by atoms with Crippen LogP contribution in [0, 0.1) is 5.82 Å².